The minimum Gasteiger partial charge on any atom is -0.391 e. The second kappa shape index (κ2) is 9.16. The molecule has 146 valence electrons. The maximum Gasteiger partial charge on any atom is 0.248 e. The smallest absolute Gasteiger partial charge is 0.248 e. The Morgan fingerprint density at radius 2 is 2.19 bits per heavy atom. The number of aromatic nitrogens is 1. The SMILES string of the molecule is CN[C@@H](C)C(=O)N[C@H](C(=O)N1C[C@@H](O)C[C@H]1Cc1cc[nH]c1)[C@@H](C)OC. The van der Waals surface area contributed by atoms with E-state index < -0.39 is 24.3 Å². The first-order valence-electron chi connectivity index (χ1n) is 8.98. The maximum atomic E-state index is 13.2. The van der Waals surface area contributed by atoms with Gasteiger partial charge in [0.25, 0.3) is 0 Å². The number of hydrogen-bond donors (Lipinski definition) is 4. The van der Waals surface area contributed by atoms with Crippen molar-refractivity contribution in [3.05, 3.63) is 24.0 Å². The molecule has 1 fully saturated rings. The minimum absolute atomic E-state index is 0.113. The number of nitrogens with zero attached hydrogens (tertiary/aromatic N) is 1. The summed E-state index contributed by atoms with van der Waals surface area (Å²) in [6.45, 7) is 3.74. The lowest BCUT2D eigenvalue weighted by Gasteiger charge is -2.32. The molecule has 5 atom stereocenters. The fourth-order valence-corrected chi connectivity index (χ4v) is 3.22. The third kappa shape index (κ3) is 4.84. The van der Waals surface area contributed by atoms with Crippen LogP contribution < -0.4 is 10.6 Å². The third-order valence-electron chi connectivity index (χ3n) is 5.04. The highest BCUT2D eigenvalue weighted by Crippen LogP contribution is 2.23. The standard InChI is InChI=1S/C18H30N4O4/c1-11(19-3)17(24)21-16(12(2)26-4)18(25)22-10-15(23)8-14(22)7-13-5-6-20-9-13/h5-6,9,11-12,14-16,19-20,23H,7-8,10H2,1-4H3,(H,21,24)/t11-,12+,14+,15-,16-/m0/s1. The van der Waals surface area contributed by atoms with Gasteiger partial charge in [-0.15, -0.1) is 0 Å². The number of β-amino-alcohol motifs (C(OH)–C–C–N with tert-alkyl or cyclic N) is 1. The largest absolute Gasteiger partial charge is 0.391 e. The molecular formula is C18H30N4O4. The molecule has 0 unspecified atom stereocenters. The van der Waals surface area contributed by atoms with Crippen LogP contribution >= 0.6 is 0 Å². The van der Waals surface area contributed by atoms with Crippen LogP contribution in [-0.4, -0.2) is 77.8 Å². The van der Waals surface area contributed by atoms with Crippen molar-refractivity contribution < 1.29 is 19.4 Å². The molecule has 8 heteroatoms. The predicted octanol–water partition coefficient (Wildman–Crippen LogP) is -0.353. The highest BCUT2D eigenvalue weighted by Gasteiger charge is 2.40. The topological polar surface area (TPSA) is 107 Å². The van der Waals surface area contributed by atoms with E-state index in [1.165, 1.54) is 7.11 Å². The molecule has 2 heterocycles. The van der Waals surface area contributed by atoms with E-state index in [0.717, 1.165) is 5.56 Å². The van der Waals surface area contributed by atoms with Crippen molar-refractivity contribution in [3.8, 4) is 0 Å². The average Bonchev–Trinajstić information content (AvgIpc) is 3.27. The molecule has 8 nitrogen and oxygen atoms in total. The Hall–Kier alpha value is -1.90. The predicted molar refractivity (Wildman–Crippen MR) is 97.5 cm³/mol. The molecule has 26 heavy (non-hydrogen) atoms. The van der Waals surface area contributed by atoms with Crippen molar-refractivity contribution >= 4 is 11.8 Å². The second-order valence-electron chi connectivity index (χ2n) is 6.89. The van der Waals surface area contributed by atoms with Gasteiger partial charge in [0.15, 0.2) is 0 Å². The second-order valence-corrected chi connectivity index (χ2v) is 6.89. The van der Waals surface area contributed by atoms with E-state index >= 15 is 0 Å². The first-order valence-corrected chi connectivity index (χ1v) is 8.98. The number of aliphatic hydroxyl groups excluding tert-OH is 1. The van der Waals surface area contributed by atoms with Gasteiger partial charge in [0.05, 0.1) is 18.2 Å². The van der Waals surface area contributed by atoms with Gasteiger partial charge in [0.2, 0.25) is 11.8 Å². The zero-order valence-electron chi connectivity index (χ0n) is 15.9. The van der Waals surface area contributed by atoms with Crippen LogP contribution in [0.3, 0.4) is 0 Å². The van der Waals surface area contributed by atoms with E-state index in [2.05, 4.69) is 15.6 Å². The van der Waals surface area contributed by atoms with E-state index in [4.69, 9.17) is 4.74 Å². The highest BCUT2D eigenvalue weighted by atomic mass is 16.5. The molecule has 1 aromatic rings. The van der Waals surface area contributed by atoms with Crippen molar-refractivity contribution in [1.82, 2.24) is 20.5 Å². The number of aliphatic hydroxyl groups is 1. The van der Waals surface area contributed by atoms with Crippen molar-refractivity contribution in [2.45, 2.75) is 57.0 Å². The van der Waals surface area contributed by atoms with Gasteiger partial charge in [-0.3, -0.25) is 9.59 Å². The van der Waals surface area contributed by atoms with Gasteiger partial charge in [-0.25, -0.2) is 0 Å². The van der Waals surface area contributed by atoms with Crippen molar-refractivity contribution in [2.75, 3.05) is 20.7 Å². The first-order chi connectivity index (χ1) is 12.4. The lowest BCUT2D eigenvalue weighted by molar-refractivity contribution is -0.141. The number of rotatable bonds is 8. The van der Waals surface area contributed by atoms with Gasteiger partial charge in [-0.2, -0.15) is 0 Å². The summed E-state index contributed by atoms with van der Waals surface area (Å²) in [5.41, 5.74) is 1.08. The molecule has 2 amide bonds. The van der Waals surface area contributed by atoms with E-state index in [1.807, 2.05) is 18.5 Å². The molecule has 1 aromatic heterocycles. The van der Waals surface area contributed by atoms with Crippen molar-refractivity contribution in [2.24, 2.45) is 0 Å². The highest BCUT2D eigenvalue weighted by molar-refractivity contribution is 5.90. The molecule has 0 radical (unpaired) electrons. The van der Waals surface area contributed by atoms with Crippen molar-refractivity contribution in [3.63, 3.8) is 0 Å². The monoisotopic (exact) mass is 366 g/mol. The molecule has 1 saturated heterocycles. The number of hydrogen-bond acceptors (Lipinski definition) is 5. The number of aromatic amines is 1. The van der Waals surface area contributed by atoms with E-state index in [0.29, 0.717) is 12.8 Å². The van der Waals surface area contributed by atoms with Crippen LogP contribution in [0, 0.1) is 0 Å². The van der Waals surface area contributed by atoms with Crippen LogP contribution in [-0.2, 0) is 20.7 Å². The number of amides is 2. The van der Waals surface area contributed by atoms with Gasteiger partial charge >= 0.3 is 0 Å². The molecule has 1 aliphatic heterocycles. The molecular weight excluding hydrogens is 336 g/mol. The van der Waals surface area contributed by atoms with E-state index in [1.54, 1.807) is 25.8 Å². The Morgan fingerprint density at radius 3 is 2.77 bits per heavy atom. The van der Waals surface area contributed by atoms with Gasteiger partial charge in [0, 0.05) is 32.1 Å². The van der Waals surface area contributed by atoms with E-state index in [-0.39, 0.29) is 24.4 Å². The van der Waals surface area contributed by atoms with Gasteiger partial charge in [-0.05, 0) is 45.4 Å². The average molecular weight is 366 g/mol. The Labute approximate surface area is 154 Å². The van der Waals surface area contributed by atoms with Crippen LogP contribution in [0.25, 0.3) is 0 Å². The summed E-state index contributed by atoms with van der Waals surface area (Å²) in [5, 5.41) is 15.7. The number of likely N-dealkylation sites (tertiary alicyclic amines) is 1. The van der Waals surface area contributed by atoms with Crippen molar-refractivity contribution in [1.29, 1.82) is 0 Å². The van der Waals surface area contributed by atoms with Crippen LogP contribution in [0.1, 0.15) is 25.8 Å². The molecule has 0 saturated carbocycles. The third-order valence-corrected chi connectivity index (χ3v) is 5.04. The Morgan fingerprint density at radius 1 is 1.46 bits per heavy atom. The summed E-state index contributed by atoms with van der Waals surface area (Å²) in [6, 6.07) is 0.619. The van der Waals surface area contributed by atoms with Crippen LogP contribution in [0.2, 0.25) is 0 Å². The molecule has 1 aliphatic rings. The molecule has 2 rings (SSSR count). The summed E-state index contributed by atoms with van der Waals surface area (Å²) in [7, 11) is 3.19. The zero-order valence-corrected chi connectivity index (χ0v) is 15.9. The summed E-state index contributed by atoms with van der Waals surface area (Å²) >= 11 is 0. The number of methoxy groups -OCH3 is 1. The molecule has 0 bridgehead atoms. The summed E-state index contributed by atoms with van der Waals surface area (Å²) in [4.78, 5) is 30.1. The lowest BCUT2D eigenvalue weighted by atomic mass is 10.0. The normalized spacial score (nSPS) is 23.5. The number of carbonyl (C=O) groups is 2. The minimum atomic E-state index is -0.803. The van der Waals surface area contributed by atoms with Crippen LogP contribution in [0.5, 0.6) is 0 Å². The van der Waals surface area contributed by atoms with Crippen LogP contribution in [0.15, 0.2) is 18.5 Å². The summed E-state index contributed by atoms with van der Waals surface area (Å²) in [6.07, 6.45) is 3.85. The Balaban J connectivity index is 2.15. The lowest BCUT2D eigenvalue weighted by Crippen LogP contribution is -2.58. The van der Waals surface area contributed by atoms with Gasteiger partial charge < -0.3 is 30.4 Å². The van der Waals surface area contributed by atoms with Gasteiger partial charge in [0.1, 0.15) is 6.04 Å². The van der Waals surface area contributed by atoms with Crippen LogP contribution in [0.4, 0.5) is 0 Å². The zero-order chi connectivity index (χ0) is 19.3. The molecule has 0 spiro atoms. The molecule has 4 N–H and O–H groups in total. The number of ether oxygens (including phenoxy) is 1. The Kier molecular flexibility index (Phi) is 7.19. The fourth-order valence-electron chi connectivity index (χ4n) is 3.22. The van der Waals surface area contributed by atoms with Gasteiger partial charge in [-0.1, -0.05) is 0 Å². The molecule has 0 aromatic carbocycles. The first kappa shape index (κ1) is 20.4. The maximum absolute atomic E-state index is 13.2. The summed E-state index contributed by atoms with van der Waals surface area (Å²) in [5.74, 6) is -0.496. The number of likely N-dealkylation sites (N-methyl/N-ethyl adjacent to an activating group) is 1. The Bertz CT molecular complexity index is 592. The number of nitrogens with one attached hydrogen (secondary N) is 3. The molecule has 0 aliphatic carbocycles. The van der Waals surface area contributed by atoms with E-state index in [9.17, 15) is 14.7 Å². The quantitative estimate of drug-likeness (QED) is 0.503. The summed E-state index contributed by atoms with van der Waals surface area (Å²) < 4.78 is 5.33. The number of H-pyrrole nitrogens is 1. The number of carbonyl (C=O) groups excluding carboxylic acids is 2. The fraction of sp³-hybridized carbons (Fsp3) is 0.667.